The molecule has 1 N–H and O–H groups in total. The fourth-order valence-corrected chi connectivity index (χ4v) is 2.10. The van der Waals surface area contributed by atoms with Crippen LogP contribution in [0.25, 0.3) is 11.1 Å². The van der Waals surface area contributed by atoms with Gasteiger partial charge in [0.15, 0.2) is 0 Å². The Kier molecular flexibility index (Phi) is 3.19. The summed E-state index contributed by atoms with van der Waals surface area (Å²) in [6.45, 7) is 0.0473. The Morgan fingerprint density at radius 2 is 1.67 bits per heavy atom. The fourth-order valence-electron chi connectivity index (χ4n) is 1.61. The van der Waals surface area contributed by atoms with Gasteiger partial charge < -0.3 is 5.11 Å². The Morgan fingerprint density at radius 1 is 0.933 bits per heavy atom. The second-order valence-corrected chi connectivity index (χ2v) is 4.14. The van der Waals surface area contributed by atoms with Crippen molar-refractivity contribution in [3.8, 4) is 11.1 Å². The van der Waals surface area contributed by atoms with Gasteiger partial charge in [-0.05, 0) is 22.8 Å². The monoisotopic (exact) mass is 262 g/mol. The molecular formula is C13H11BrO. The molecule has 0 heterocycles. The largest absolute Gasteiger partial charge is 0.392 e. The van der Waals surface area contributed by atoms with E-state index in [0.29, 0.717) is 0 Å². The van der Waals surface area contributed by atoms with Crippen molar-refractivity contribution in [1.29, 1.82) is 0 Å². The molecule has 0 bridgehead atoms. The van der Waals surface area contributed by atoms with Crippen LogP contribution in [0.3, 0.4) is 0 Å². The van der Waals surface area contributed by atoms with Crippen LogP contribution >= 0.6 is 15.9 Å². The Bertz CT molecular complexity index is 451. The van der Waals surface area contributed by atoms with E-state index in [4.69, 9.17) is 0 Å². The van der Waals surface area contributed by atoms with E-state index in [0.717, 1.165) is 21.2 Å². The Morgan fingerprint density at radius 3 is 2.33 bits per heavy atom. The summed E-state index contributed by atoms with van der Waals surface area (Å²) in [7, 11) is 0. The number of hydrogen-bond acceptors (Lipinski definition) is 1. The van der Waals surface area contributed by atoms with Gasteiger partial charge in [-0.3, -0.25) is 0 Å². The van der Waals surface area contributed by atoms with Crippen LogP contribution in [0.2, 0.25) is 0 Å². The summed E-state index contributed by atoms with van der Waals surface area (Å²) in [4.78, 5) is 0. The first-order valence-corrected chi connectivity index (χ1v) is 5.56. The van der Waals surface area contributed by atoms with E-state index in [1.807, 2.05) is 48.5 Å². The van der Waals surface area contributed by atoms with E-state index < -0.39 is 0 Å². The molecule has 0 aromatic heterocycles. The van der Waals surface area contributed by atoms with Crippen molar-refractivity contribution in [1.82, 2.24) is 0 Å². The normalized spacial score (nSPS) is 10.3. The molecule has 0 saturated carbocycles. The molecule has 0 amide bonds. The number of aliphatic hydroxyl groups excluding tert-OH is 1. The van der Waals surface area contributed by atoms with Crippen LogP contribution < -0.4 is 0 Å². The third-order valence-corrected chi connectivity index (χ3v) is 3.10. The molecule has 0 saturated heterocycles. The van der Waals surface area contributed by atoms with Crippen LogP contribution in [0, 0.1) is 0 Å². The quantitative estimate of drug-likeness (QED) is 0.877. The zero-order valence-electron chi connectivity index (χ0n) is 8.15. The maximum atomic E-state index is 9.33. The van der Waals surface area contributed by atoms with Gasteiger partial charge in [0.05, 0.1) is 6.61 Å². The molecular weight excluding hydrogens is 252 g/mol. The molecule has 2 rings (SSSR count). The fraction of sp³-hybridized carbons (Fsp3) is 0.0769. The number of halogens is 1. The maximum Gasteiger partial charge on any atom is 0.0698 e. The van der Waals surface area contributed by atoms with E-state index in [2.05, 4.69) is 15.9 Å². The zero-order valence-corrected chi connectivity index (χ0v) is 9.74. The van der Waals surface area contributed by atoms with E-state index in [-0.39, 0.29) is 6.61 Å². The molecule has 0 unspecified atom stereocenters. The van der Waals surface area contributed by atoms with Crippen molar-refractivity contribution in [2.24, 2.45) is 0 Å². The molecule has 0 radical (unpaired) electrons. The van der Waals surface area contributed by atoms with Gasteiger partial charge in [0, 0.05) is 4.47 Å². The topological polar surface area (TPSA) is 20.2 Å². The first kappa shape index (κ1) is 10.4. The van der Waals surface area contributed by atoms with Gasteiger partial charge in [0.2, 0.25) is 0 Å². The Labute approximate surface area is 97.5 Å². The third kappa shape index (κ3) is 2.11. The molecule has 2 aromatic rings. The smallest absolute Gasteiger partial charge is 0.0698 e. The molecule has 76 valence electrons. The highest BCUT2D eigenvalue weighted by atomic mass is 79.9. The van der Waals surface area contributed by atoms with Crippen molar-refractivity contribution in [3.05, 3.63) is 58.6 Å². The maximum absolute atomic E-state index is 9.33. The second-order valence-electron chi connectivity index (χ2n) is 3.29. The summed E-state index contributed by atoms with van der Waals surface area (Å²) in [6.07, 6.45) is 0. The van der Waals surface area contributed by atoms with Gasteiger partial charge in [-0.25, -0.2) is 0 Å². The van der Waals surface area contributed by atoms with Crippen molar-refractivity contribution < 1.29 is 5.11 Å². The number of hydrogen-bond donors (Lipinski definition) is 1. The lowest BCUT2D eigenvalue weighted by Crippen LogP contribution is -1.90. The van der Waals surface area contributed by atoms with Gasteiger partial charge in [-0.1, -0.05) is 58.4 Å². The molecule has 0 spiro atoms. The number of aliphatic hydroxyl groups is 1. The van der Waals surface area contributed by atoms with Gasteiger partial charge in [-0.2, -0.15) is 0 Å². The van der Waals surface area contributed by atoms with E-state index in [1.54, 1.807) is 0 Å². The molecule has 15 heavy (non-hydrogen) atoms. The van der Waals surface area contributed by atoms with Gasteiger partial charge in [-0.15, -0.1) is 0 Å². The van der Waals surface area contributed by atoms with Gasteiger partial charge in [0.25, 0.3) is 0 Å². The average Bonchev–Trinajstić information content (AvgIpc) is 2.30. The lowest BCUT2D eigenvalue weighted by Gasteiger charge is -2.09. The summed E-state index contributed by atoms with van der Waals surface area (Å²) in [6, 6.07) is 16.0. The summed E-state index contributed by atoms with van der Waals surface area (Å²) >= 11 is 3.44. The molecule has 0 fully saturated rings. The van der Waals surface area contributed by atoms with E-state index in [1.165, 1.54) is 0 Å². The second kappa shape index (κ2) is 4.60. The predicted molar refractivity (Wildman–Crippen MR) is 65.5 cm³/mol. The van der Waals surface area contributed by atoms with Crippen LogP contribution in [0.15, 0.2) is 53.0 Å². The molecule has 2 heteroatoms. The average molecular weight is 263 g/mol. The van der Waals surface area contributed by atoms with E-state index >= 15 is 0 Å². The highest BCUT2D eigenvalue weighted by molar-refractivity contribution is 9.10. The highest BCUT2D eigenvalue weighted by Gasteiger charge is 2.06. The molecule has 0 aliphatic heterocycles. The zero-order chi connectivity index (χ0) is 10.7. The molecule has 0 aliphatic carbocycles. The van der Waals surface area contributed by atoms with Crippen LogP contribution in [0.4, 0.5) is 0 Å². The van der Waals surface area contributed by atoms with Crippen molar-refractivity contribution in [2.75, 3.05) is 0 Å². The highest BCUT2D eigenvalue weighted by Crippen LogP contribution is 2.29. The lowest BCUT2D eigenvalue weighted by molar-refractivity contribution is 0.281. The summed E-state index contributed by atoms with van der Waals surface area (Å²) < 4.78 is 0.950. The molecule has 1 nitrogen and oxygen atoms in total. The van der Waals surface area contributed by atoms with Crippen molar-refractivity contribution in [3.63, 3.8) is 0 Å². The first-order chi connectivity index (χ1) is 7.33. The van der Waals surface area contributed by atoms with Crippen LogP contribution in [-0.2, 0) is 6.61 Å². The van der Waals surface area contributed by atoms with Gasteiger partial charge >= 0.3 is 0 Å². The minimum Gasteiger partial charge on any atom is -0.392 e. The van der Waals surface area contributed by atoms with Crippen molar-refractivity contribution >= 4 is 15.9 Å². The lowest BCUT2D eigenvalue weighted by atomic mass is 10.0. The van der Waals surface area contributed by atoms with Crippen LogP contribution in [0.5, 0.6) is 0 Å². The summed E-state index contributed by atoms with van der Waals surface area (Å²) in [5, 5.41) is 9.33. The number of rotatable bonds is 2. The minimum atomic E-state index is 0.0473. The first-order valence-electron chi connectivity index (χ1n) is 4.76. The SMILES string of the molecule is OCc1c(Br)cccc1-c1ccccc1. The van der Waals surface area contributed by atoms with Crippen LogP contribution in [-0.4, -0.2) is 5.11 Å². The standard InChI is InChI=1S/C13H11BrO/c14-13-8-4-7-11(12(13)9-15)10-5-2-1-3-6-10/h1-8,15H,9H2. The van der Waals surface area contributed by atoms with Crippen molar-refractivity contribution in [2.45, 2.75) is 6.61 Å². The van der Waals surface area contributed by atoms with Gasteiger partial charge in [0.1, 0.15) is 0 Å². The summed E-state index contributed by atoms with van der Waals surface area (Å²) in [5.41, 5.74) is 3.14. The Hall–Kier alpha value is -1.12. The Balaban J connectivity index is 2.58. The van der Waals surface area contributed by atoms with Crippen LogP contribution in [0.1, 0.15) is 5.56 Å². The number of benzene rings is 2. The minimum absolute atomic E-state index is 0.0473. The molecule has 0 atom stereocenters. The summed E-state index contributed by atoms with van der Waals surface area (Å²) in [5.74, 6) is 0. The predicted octanol–water partition coefficient (Wildman–Crippen LogP) is 3.61. The third-order valence-electron chi connectivity index (χ3n) is 2.36. The molecule has 0 aliphatic rings. The molecule has 2 aromatic carbocycles. The van der Waals surface area contributed by atoms with E-state index in [9.17, 15) is 5.11 Å².